The highest BCUT2D eigenvalue weighted by Crippen LogP contribution is 2.21. The van der Waals surface area contributed by atoms with Crippen LogP contribution in [-0.4, -0.2) is 15.9 Å². The van der Waals surface area contributed by atoms with Crippen LogP contribution in [0.2, 0.25) is 0 Å². The molecule has 1 aromatic carbocycles. The fourth-order valence-electron chi connectivity index (χ4n) is 2.16. The van der Waals surface area contributed by atoms with Gasteiger partial charge in [-0.25, -0.2) is 13.2 Å². The number of halogens is 3. The number of anilines is 1. The maximum Gasteiger partial charge on any atom is 0.257 e. The van der Waals surface area contributed by atoms with Crippen molar-refractivity contribution in [2.75, 3.05) is 5.32 Å². The van der Waals surface area contributed by atoms with Crippen molar-refractivity contribution in [3.63, 3.8) is 0 Å². The molecule has 23 heavy (non-hydrogen) atoms. The van der Waals surface area contributed by atoms with Gasteiger partial charge in [0.15, 0.2) is 17.5 Å². The zero-order chi connectivity index (χ0) is 16.6. The topological polar surface area (TPSA) is 54.9 Å². The molecule has 0 radical (unpaired) electrons. The van der Waals surface area contributed by atoms with Gasteiger partial charge in [-0.15, -0.1) is 0 Å². The van der Waals surface area contributed by atoms with Crippen LogP contribution in [-0.2, 0) is 0 Å². The second-order valence-corrected chi connectivity index (χ2v) is 4.87. The maximum absolute atomic E-state index is 13.6. The van der Waals surface area contributed by atoms with Gasteiger partial charge in [0.1, 0.15) is 0 Å². The lowest BCUT2D eigenvalue weighted by Gasteiger charge is -2.10. The SMILES string of the molecule is Cc1nc2ccncc2cc1C(=O)Nc1ccc(F)c(F)c1F. The molecule has 0 fully saturated rings. The number of hydrogen-bond acceptors (Lipinski definition) is 3. The van der Waals surface area contributed by atoms with Crippen LogP contribution in [0.15, 0.2) is 36.7 Å². The number of hydrogen-bond donors (Lipinski definition) is 1. The molecule has 7 heteroatoms. The van der Waals surface area contributed by atoms with Crippen LogP contribution in [0.3, 0.4) is 0 Å². The van der Waals surface area contributed by atoms with Crippen molar-refractivity contribution in [3.8, 4) is 0 Å². The summed E-state index contributed by atoms with van der Waals surface area (Å²) in [5.41, 5.74) is 0.825. The molecule has 2 aromatic heterocycles. The molecule has 3 rings (SSSR count). The van der Waals surface area contributed by atoms with Crippen molar-refractivity contribution >= 4 is 22.5 Å². The van der Waals surface area contributed by atoms with Gasteiger partial charge in [-0.2, -0.15) is 0 Å². The van der Waals surface area contributed by atoms with E-state index >= 15 is 0 Å². The van der Waals surface area contributed by atoms with Gasteiger partial charge in [0.25, 0.3) is 5.91 Å². The van der Waals surface area contributed by atoms with Crippen molar-refractivity contribution in [3.05, 3.63) is 65.4 Å². The van der Waals surface area contributed by atoms with Crippen LogP contribution >= 0.6 is 0 Å². The largest absolute Gasteiger partial charge is 0.319 e. The number of benzene rings is 1. The van der Waals surface area contributed by atoms with E-state index in [1.807, 2.05) is 0 Å². The first kappa shape index (κ1) is 15.0. The lowest BCUT2D eigenvalue weighted by molar-refractivity contribution is 0.102. The van der Waals surface area contributed by atoms with Crippen LogP contribution in [0.4, 0.5) is 18.9 Å². The normalized spacial score (nSPS) is 10.8. The third-order valence-corrected chi connectivity index (χ3v) is 3.33. The molecule has 0 unspecified atom stereocenters. The molecule has 2 heterocycles. The summed E-state index contributed by atoms with van der Waals surface area (Å²) in [4.78, 5) is 20.5. The van der Waals surface area contributed by atoms with E-state index in [1.165, 1.54) is 6.20 Å². The number of aromatic nitrogens is 2. The Bertz CT molecular complexity index is 928. The van der Waals surface area contributed by atoms with E-state index in [2.05, 4.69) is 15.3 Å². The van der Waals surface area contributed by atoms with Crippen LogP contribution in [0.5, 0.6) is 0 Å². The predicted octanol–water partition coefficient (Wildman–Crippen LogP) is 3.61. The summed E-state index contributed by atoms with van der Waals surface area (Å²) < 4.78 is 39.8. The average Bonchev–Trinajstić information content (AvgIpc) is 2.54. The molecular formula is C16H10F3N3O. The van der Waals surface area contributed by atoms with Gasteiger partial charge in [0.2, 0.25) is 0 Å². The molecule has 4 nitrogen and oxygen atoms in total. The van der Waals surface area contributed by atoms with Gasteiger partial charge in [-0.1, -0.05) is 0 Å². The molecule has 0 aliphatic carbocycles. The zero-order valence-electron chi connectivity index (χ0n) is 11.9. The van der Waals surface area contributed by atoms with E-state index in [4.69, 9.17) is 0 Å². The van der Waals surface area contributed by atoms with E-state index in [1.54, 1.807) is 25.3 Å². The van der Waals surface area contributed by atoms with Gasteiger partial charge in [-0.3, -0.25) is 14.8 Å². The Balaban J connectivity index is 1.98. The first-order valence-electron chi connectivity index (χ1n) is 6.63. The molecule has 116 valence electrons. The van der Waals surface area contributed by atoms with Gasteiger partial charge in [0.05, 0.1) is 22.5 Å². The number of pyridine rings is 2. The minimum absolute atomic E-state index is 0.189. The van der Waals surface area contributed by atoms with Crippen molar-refractivity contribution in [2.45, 2.75) is 6.92 Å². The number of nitrogens with zero attached hydrogens (tertiary/aromatic N) is 2. The molecule has 0 saturated heterocycles. The Labute approximate surface area is 129 Å². The standard InChI is InChI=1S/C16H10F3N3O/c1-8-10(6-9-7-20-5-4-12(9)21-8)16(23)22-13-3-2-11(17)14(18)15(13)19/h2-7H,1H3,(H,22,23). The fraction of sp³-hybridized carbons (Fsp3) is 0.0625. The highest BCUT2D eigenvalue weighted by molar-refractivity contribution is 6.06. The number of aryl methyl sites for hydroxylation is 1. The fourth-order valence-corrected chi connectivity index (χ4v) is 2.16. The minimum Gasteiger partial charge on any atom is -0.319 e. The zero-order valence-corrected chi connectivity index (χ0v) is 11.9. The highest BCUT2D eigenvalue weighted by atomic mass is 19.2. The van der Waals surface area contributed by atoms with E-state index in [0.717, 1.165) is 12.1 Å². The van der Waals surface area contributed by atoms with Crippen LogP contribution in [0.1, 0.15) is 16.1 Å². The molecule has 0 aliphatic heterocycles. The summed E-state index contributed by atoms with van der Waals surface area (Å²) in [5, 5.41) is 2.85. The summed E-state index contributed by atoms with van der Waals surface area (Å²) in [7, 11) is 0. The first-order chi connectivity index (χ1) is 11.0. The molecule has 3 aromatic rings. The van der Waals surface area contributed by atoms with Gasteiger partial charge in [0, 0.05) is 17.8 Å². The van der Waals surface area contributed by atoms with Crippen LogP contribution in [0.25, 0.3) is 10.9 Å². The Kier molecular flexibility index (Phi) is 3.69. The monoisotopic (exact) mass is 317 g/mol. The van der Waals surface area contributed by atoms with Gasteiger partial charge in [-0.05, 0) is 31.2 Å². The molecule has 0 saturated carbocycles. The summed E-state index contributed by atoms with van der Waals surface area (Å²) in [5.74, 6) is -5.09. The van der Waals surface area contributed by atoms with E-state index in [-0.39, 0.29) is 5.56 Å². The smallest absolute Gasteiger partial charge is 0.257 e. The molecule has 1 N–H and O–H groups in total. The molecule has 0 spiro atoms. The summed E-state index contributed by atoms with van der Waals surface area (Å²) in [6.45, 7) is 1.62. The predicted molar refractivity (Wildman–Crippen MR) is 78.5 cm³/mol. The Morgan fingerprint density at radius 1 is 1.13 bits per heavy atom. The van der Waals surface area contributed by atoms with Crippen molar-refractivity contribution in [2.24, 2.45) is 0 Å². The number of nitrogens with one attached hydrogen (secondary N) is 1. The Morgan fingerprint density at radius 2 is 1.91 bits per heavy atom. The maximum atomic E-state index is 13.6. The number of amides is 1. The van der Waals surface area contributed by atoms with E-state index < -0.39 is 29.0 Å². The summed E-state index contributed by atoms with van der Waals surface area (Å²) >= 11 is 0. The molecular weight excluding hydrogens is 307 g/mol. The van der Waals surface area contributed by atoms with Crippen molar-refractivity contribution in [1.82, 2.24) is 9.97 Å². The number of fused-ring (bicyclic) bond motifs is 1. The second-order valence-electron chi connectivity index (χ2n) is 4.87. The highest BCUT2D eigenvalue weighted by Gasteiger charge is 2.17. The van der Waals surface area contributed by atoms with Crippen LogP contribution in [0, 0.1) is 24.4 Å². The van der Waals surface area contributed by atoms with Crippen molar-refractivity contribution < 1.29 is 18.0 Å². The molecule has 0 aliphatic rings. The Hall–Kier alpha value is -2.96. The van der Waals surface area contributed by atoms with Gasteiger partial charge >= 0.3 is 0 Å². The number of carbonyl (C=O) groups is 1. The van der Waals surface area contributed by atoms with Gasteiger partial charge < -0.3 is 5.32 Å². The first-order valence-corrected chi connectivity index (χ1v) is 6.63. The van der Waals surface area contributed by atoms with E-state index in [0.29, 0.717) is 16.6 Å². The summed E-state index contributed by atoms with van der Waals surface area (Å²) in [6, 6.07) is 4.94. The molecule has 0 bridgehead atoms. The van der Waals surface area contributed by atoms with E-state index in [9.17, 15) is 18.0 Å². The quantitative estimate of drug-likeness (QED) is 0.735. The average molecular weight is 317 g/mol. The molecule has 0 atom stereocenters. The molecule has 1 amide bonds. The minimum atomic E-state index is -1.64. The lowest BCUT2D eigenvalue weighted by atomic mass is 10.1. The third-order valence-electron chi connectivity index (χ3n) is 3.33. The van der Waals surface area contributed by atoms with Crippen LogP contribution < -0.4 is 5.32 Å². The summed E-state index contributed by atoms with van der Waals surface area (Å²) in [6.07, 6.45) is 3.11. The third kappa shape index (κ3) is 2.73. The number of rotatable bonds is 2. The Morgan fingerprint density at radius 3 is 2.70 bits per heavy atom. The number of carbonyl (C=O) groups excluding carboxylic acids is 1. The second kappa shape index (κ2) is 5.68. The van der Waals surface area contributed by atoms with Crippen molar-refractivity contribution in [1.29, 1.82) is 0 Å². The lowest BCUT2D eigenvalue weighted by Crippen LogP contribution is -2.16.